The molecule has 0 amide bonds. The normalized spacial score (nSPS) is 20.2. The second-order valence-electron chi connectivity index (χ2n) is 5.33. The first-order valence-electron chi connectivity index (χ1n) is 6.77. The van der Waals surface area contributed by atoms with Crippen LogP contribution in [0.15, 0.2) is 42.5 Å². The Morgan fingerprint density at radius 3 is 2.71 bits per heavy atom. The highest BCUT2D eigenvalue weighted by Gasteiger charge is 2.33. The number of rotatable bonds is 3. The number of hydrogen-bond donors (Lipinski definition) is 2. The van der Waals surface area contributed by atoms with E-state index < -0.39 is 4.92 Å². The maximum absolute atomic E-state index is 11.0. The van der Waals surface area contributed by atoms with Gasteiger partial charge in [-0.2, -0.15) is 0 Å². The molecular formula is C16H15NO4. The molecule has 5 nitrogen and oxygen atoms in total. The predicted octanol–water partition coefficient (Wildman–Crippen LogP) is 2.60. The minimum absolute atomic E-state index is 0.00606. The topological polar surface area (TPSA) is 83.6 Å². The number of aromatic hydroxyl groups is 1. The summed E-state index contributed by atoms with van der Waals surface area (Å²) >= 11 is 0. The van der Waals surface area contributed by atoms with E-state index in [1.807, 2.05) is 24.3 Å². The minimum Gasteiger partial charge on any atom is -0.502 e. The van der Waals surface area contributed by atoms with Crippen molar-refractivity contribution in [3.8, 4) is 5.75 Å². The van der Waals surface area contributed by atoms with Crippen molar-refractivity contribution in [1.82, 2.24) is 0 Å². The second kappa shape index (κ2) is 5.18. The third-order valence-electron chi connectivity index (χ3n) is 4.13. The number of aliphatic hydroxyl groups is 1. The van der Waals surface area contributed by atoms with E-state index in [0.29, 0.717) is 0 Å². The fourth-order valence-electron chi connectivity index (χ4n) is 3.18. The standard InChI is InChI=1S/C16H15NO4/c18-9-12-7-10-3-1-2-4-13(10)16(12)11-5-6-15(19)14(8-11)17(20)21/h1-6,8,12,16,18-19H,7,9H2. The molecule has 0 saturated carbocycles. The molecule has 0 aromatic heterocycles. The zero-order chi connectivity index (χ0) is 15.0. The summed E-state index contributed by atoms with van der Waals surface area (Å²) in [5, 5.41) is 30.2. The van der Waals surface area contributed by atoms with Gasteiger partial charge >= 0.3 is 5.69 Å². The number of hydrogen-bond acceptors (Lipinski definition) is 4. The van der Waals surface area contributed by atoms with E-state index in [2.05, 4.69) is 0 Å². The van der Waals surface area contributed by atoms with Crippen LogP contribution >= 0.6 is 0 Å². The molecule has 0 bridgehead atoms. The molecule has 108 valence electrons. The molecular weight excluding hydrogens is 270 g/mol. The Bertz CT molecular complexity index is 698. The number of nitro benzene ring substituents is 1. The molecule has 0 fully saturated rings. The summed E-state index contributed by atoms with van der Waals surface area (Å²) in [4.78, 5) is 10.4. The fraction of sp³-hybridized carbons (Fsp3) is 0.250. The van der Waals surface area contributed by atoms with Gasteiger partial charge in [0.05, 0.1) is 4.92 Å². The average molecular weight is 285 g/mol. The fourth-order valence-corrected chi connectivity index (χ4v) is 3.18. The maximum atomic E-state index is 11.0. The van der Waals surface area contributed by atoms with Gasteiger partial charge in [-0.25, -0.2) is 0 Å². The van der Waals surface area contributed by atoms with Crippen molar-refractivity contribution in [2.24, 2.45) is 5.92 Å². The predicted molar refractivity (Wildman–Crippen MR) is 77.3 cm³/mol. The molecule has 0 aliphatic heterocycles. The van der Waals surface area contributed by atoms with Gasteiger partial charge in [0.2, 0.25) is 0 Å². The molecule has 2 aromatic carbocycles. The smallest absolute Gasteiger partial charge is 0.310 e. The summed E-state index contributed by atoms with van der Waals surface area (Å²) in [5.41, 5.74) is 2.71. The van der Waals surface area contributed by atoms with E-state index in [1.54, 1.807) is 6.07 Å². The molecule has 2 aromatic rings. The van der Waals surface area contributed by atoms with Crippen LogP contribution in [-0.4, -0.2) is 21.7 Å². The highest BCUT2D eigenvalue weighted by molar-refractivity contribution is 5.52. The lowest BCUT2D eigenvalue weighted by Gasteiger charge is -2.19. The average Bonchev–Trinajstić information content (AvgIpc) is 2.86. The molecule has 2 N–H and O–H groups in total. The largest absolute Gasteiger partial charge is 0.502 e. The maximum Gasteiger partial charge on any atom is 0.310 e. The van der Waals surface area contributed by atoms with Gasteiger partial charge in [-0.1, -0.05) is 30.3 Å². The summed E-state index contributed by atoms with van der Waals surface area (Å²) in [5.74, 6) is -0.410. The van der Waals surface area contributed by atoms with E-state index in [0.717, 1.165) is 23.1 Å². The highest BCUT2D eigenvalue weighted by Crippen LogP contribution is 2.43. The lowest BCUT2D eigenvalue weighted by atomic mass is 9.86. The number of nitrogens with zero attached hydrogens (tertiary/aromatic N) is 1. The first kappa shape index (κ1) is 13.6. The first-order valence-corrected chi connectivity index (χ1v) is 6.77. The Morgan fingerprint density at radius 2 is 2.00 bits per heavy atom. The zero-order valence-corrected chi connectivity index (χ0v) is 11.3. The molecule has 3 rings (SSSR count). The summed E-state index contributed by atoms with van der Waals surface area (Å²) in [6.07, 6.45) is 0.756. The number of nitro groups is 1. The van der Waals surface area contributed by atoms with Crippen LogP contribution in [0, 0.1) is 16.0 Å². The number of aliphatic hydroxyl groups excluding tert-OH is 1. The molecule has 0 saturated heterocycles. The number of benzene rings is 2. The van der Waals surface area contributed by atoms with Crippen molar-refractivity contribution in [2.75, 3.05) is 6.61 Å². The Balaban J connectivity index is 2.10. The highest BCUT2D eigenvalue weighted by atomic mass is 16.6. The lowest BCUT2D eigenvalue weighted by molar-refractivity contribution is -0.385. The molecule has 2 atom stereocenters. The van der Waals surface area contributed by atoms with Crippen molar-refractivity contribution in [3.05, 3.63) is 69.3 Å². The van der Waals surface area contributed by atoms with Gasteiger partial charge in [0.25, 0.3) is 0 Å². The van der Waals surface area contributed by atoms with Gasteiger partial charge in [-0.3, -0.25) is 10.1 Å². The molecule has 5 heteroatoms. The first-order chi connectivity index (χ1) is 10.1. The summed E-state index contributed by atoms with van der Waals surface area (Å²) in [7, 11) is 0. The lowest BCUT2D eigenvalue weighted by Crippen LogP contribution is -2.13. The summed E-state index contributed by atoms with van der Waals surface area (Å²) in [6, 6.07) is 12.3. The van der Waals surface area contributed by atoms with Crippen molar-refractivity contribution >= 4 is 5.69 Å². The van der Waals surface area contributed by atoms with Crippen LogP contribution in [0.5, 0.6) is 5.75 Å². The Morgan fingerprint density at radius 1 is 1.24 bits per heavy atom. The summed E-state index contributed by atoms with van der Waals surface area (Å²) in [6.45, 7) is 0.0218. The van der Waals surface area contributed by atoms with E-state index in [-0.39, 0.29) is 29.9 Å². The van der Waals surface area contributed by atoms with Crippen LogP contribution in [-0.2, 0) is 6.42 Å². The van der Waals surface area contributed by atoms with E-state index in [1.165, 1.54) is 12.1 Å². The van der Waals surface area contributed by atoms with Gasteiger partial charge in [0.1, 0.15) is 0 Å². The third kappa shape index (κ3) is 2.25. The minimum atomic E-state index is -0.590. The Hall–Kier alpha value is -2.40. The van der Waals surface area contributed by atoms with Gasteiger partial charge in [-0.15, -0.1) is 0 Å². The van der Waals surface area contributed by atoms with Crippen LogP contribution in [0.25, 0.3) is 0 Å². The van der Waals surface area contributed by atoms with E-state index >= 15 is 0 Å². The summed E-state index contributed by atoms with van der Waals surface area (Å²) < 4.78 is 0. The molecule has 1 aliphatic rings. The quantitative estimate of drug-likeness (QED) is 0.670. The van der Waals surface area contributed by atoms with Crippen LogP contribution in [0.2, 0.25) is 0 Å². The van der Waals surface area contributed by atoms with Gasteiger partial charge < -0.3 is 10.2 Å². The molecule has 1 aliphatic carbocycles. The van der Waals surface area contributed by atoms with Crippen LogP contribution in [0.4, 0.5) is 5.69 Å². The molecule has 0 spiro atoms. The number of fused-ring (bicyclic) bond motifs is 1. The van der Waals surface area contributed by atoms with Gasteiger partial charge in [-0.05, 0) is 35.1 Å². The van der Waals surface area contributed by atoms with E-state index in [4.69, 9.17) is 0 Å². The molecule has 2 unspecified atom stereocenters. The van der Waals surface area contributed by atoms with Crippen molar-refractivity contribution in [3.63, 3.8) is 0 Å². The van der Waals surface area contributed by atoms with Crippen molar-refractivity contribution in [2.45, 2.75) is 12.3 Å². The number of phenolic OH excluding ortho intramolecular Hbond substituents is 1. The van der Waals surface area contributed by atoms with Crippen LogP contribution in [0.3, 0.4) is 0 Å². The molecule has 0 heterocycles. The molecule has 0 radical (unpaired) electrons. The Labute approximate surface area is 121 Å². The monoisotopic (exact) mass is 285 g/mol. The SMILES string of the molecule is O=[N+]([O-])c1cc(C2c3ccccc3CC2CO)ccc1O. The van der Waals surface area contributed by atoms with Crippen molar-refractivity contribution in [1.29, 1.82) is 0 Å². The van der Waals surface area contributed by atoms with Crippen molar-refractivity contribution < 1.29 is 15.1 Å². The Kier molecular flexibility index (Phi) is 3.35. The van der Waals surface area contributed by atoms with Crippen LogP contribution in [0.1, 0.15) is 22.6 Å². The van der Waals surface area contributed by atoms with Crippen LogP contribution < -0.4 is 0 Å². The third-order valence-corrected chi connectivity index (χ3v) is 4.13. The zero-order valence-electron chi connectivity index (χ0n) is 11.3. The number of phenols is 1. The second-order valence-corrected chi connectivity index (χ2v) is 5.33. The molecule has 21 heavy (non-hydrogen) atoms. The van der Waals surface area contributed by atoms with Gasteiger partial charge in [0, 0.05) is 18.6 Å². The van der Waals surface area contributed by atoms with Gasteiger partial charge in [0.15, 0.2) is 5.75 Å². The van der Waals surface area contributed by atoms with E-state index in [9.17, 15) is 20.3 Å².